The number of amides is 4. The zero-order chi connectivity index (χ0) is 38.8. The Kier molecular flexibility index (Phi) is 9.16. The molecule has 4 aromatic rings. The Hall–Kier alpha value is -5.68. The molecule has 8 rings (SSSR count). The number of halogens is 1. The molecule has 2 heterocycles. The van der Waals surface area contributed by atoms with Crippen LogP contribution in [0.15, 0.2) is 101 Å². The topological polar surface area (TPSA) is 123 Å². The number of methoxy groups -OCH3 is 3. The van der Waals surface area contributed by atoms with Crippen molar-refractivity contribution >= 4 is 63.1 Å². The summed E-state index contributed by atoms with van der Waals surface area (Å²) in [4.78, 5) is 60.4. The van der Waals surface area contributed by atoms with Crippen molar-refractivity contribution < 1.29 is 38.5 Å². The van der Waals surface area contributed by atoms with Gasteiger partial charge in [-0.1, -0.05) is 70.1 Å². The number of carbonyl (C=O) groups is 4. The van der Waals surface area contributed by atoms with Gasteiger partial charge in [-0.05, 0) is 85.8 Å². The molecule has 55 heavy (non-hydrogen) atoms. The van der Waals surface area contributed by atoms with Crippen LogP contribution in [0.25, 0.3) is 12.2 Å². The summed E-state index contributed by atoms with van der Waals surface area (Å²) in [5, 5.41) is 11.6. The Labute approximate surface area is 327 Å². The highest BCUT2D eigenvalue weighted by atomic mass is 79.9. The number of phenolic OH excluding ortho intramolecular Hbond substituents is 1. The Bertz CT molecular complexity index is 2300. The summed E-state index contributed by atoms with van der Waals surface area (Å²) in [6, 6.07) is 24.9. The average molecular weight is 804 g/mol. The van der Waals surface area contributed by atoms with Gasteiger partial charge in [-0.3, -0.25) is 24.1 Å². The predicted molar refractivity (Wildman–Crippen MR) is 211 cm³/mol. The molecule has 4 aliphatic rings. The van der Waals surface area contributed by atoms with E-state index in [-0.39, 0.29) is 48.0 Å². The Morgan fingerprint density at radius 1 is 0.764 bits per heavy atom. The highest BCUT2D eigenvalue weighted by Crippen LogP contribution is 2.65. The van der Waals surface area contributed by atoms with Crippen LogP contribution >= 0.6 is 15.9 Å². The SMILES string of the molecule is COc1ccc(OC)c(C=Cc2ccc(N3C(=O)C4CC=C5C(CC6C(=O)N(c7ccccc7)C(=O)C6(C)C5c5cc(Br)cc(OC)c5O)C4C3=O)cc2)c1. The second-order valence-electron chi connectivity index (χ2n) is 14.6. The summed E-state index contributed by atoms with van der Waals surface area (Å²) in [7, 11) is 4.65. The summed E-state index contributed by atoms with van der Waals surface area (Å²) in [5.41, 5.74) is 2.45. The van der Waals surface area contributed by atoms with Gasteiger partial charge >= 0.3 is 0 Å². The molecule has 6 atom stereocenters. The van der Waals surface area contributed by atoms with Crippen LogP contribution in [0.5, 0.6) is 23.0 Å². The summed E-state index contributed by atoms with van der Waals surface area (Å²) < 4.78 is 17.0. The second kappa shape index (κ2) is 13.9. The number of nitrogens with zero attached hydrogens (tertiary/aromatic N) is 2. The van der Waals surface area contributed by atoms with Gasteiger partial charge in [0.1, 0.15) is 11.5 Å². The number of carbonyl (C=O) groups excluding carboxylic acids is 4. The van der Waals surface area contributed by atoms with Crippen molar-refractivity contribution in [1.29, 1.82) is 0 Å². The Balaban J connectivity index is 1.16. The minimum Gasteiger partial charge on any atom is -0.504 e. The van der Waals surface area contributed by atoms with Gasteiger partial charge in [-0.15, -0.1) is 0 Å². The minimum atomic E-state index is -1.31. The quantitative estimate of drug-likeness (QED) is 0.109. The molecule has 0 bridgehead atoms. The number of para-hydroxylation sites is 1. The van der Waals surface area contributed by atoms with Gasteiger partial charge in [0.05, 0.1) is 55.9 Å². The molecule has 11 heteroatoms. The maximum absolute atomic E-state index is 14.7. The lowest BCUT2D eigenvalue weighted by atomic mass is 9.51. The van der Waals surface area contributed by atoms with E-state index in [0.29, 0.717) is 32.9 Å². The number of aromatic hydroxyl groups is 1. The fraction of sp³-hybridized carbons (Fsp3) is 0.273. The van der Waals surface area contributed by atoms with E-state index < -0.39 is 35.0 Å². The molecule has 280 valence electrons. The third kappa shape index (κ3) is 5.66. The molecule has 2 aliphatic carbocycles. The number of hydrogen-bond acceptors (Lipinski definition) is 8. The van der Waals surface area contributed by atoms with Crippen molar-refractivity contribution in [2.75, 3.05) is 31.1 Å². The van der Waals surface area contributed by atoms with E-state index in [1.54, 1.807) is 69.7 Å². The van der Waals surface area contributed by atoms with Crippen LogP contribution in [-0.2, 0) is 19.2 Å². The molecular weight excluding hydrogens is 764 g/mol. The van der Waals surface area contributed by atoms with Gasteiger partial charge < -0.3 is 19.3 Å². The highest BCUT2D eigenvalue weighted by Gasteiger charge is 2.68. The summed E-state index contributed by atoms with van der Waals surface area (Å²) in [6.45, 7) is 1.79. The summed E-state index contributed by atoms with van der Waals surface area (Å²) in [6.07, 6.45) is 6.25. The van der Waals surface area contributed by atoms with Crippen LogP contribution in [0.3, 0.4) is 0 Å². The van der Waals surface area contributed by atoms with E-state index in [1.807, 2.05) is 54.6 Å². The fourth-order valence-electron chi connectivity index (χ4n) is 9.30. The molecule has 4 aromatic carbocycles. The molecule has 6 unspecified atom stereocenters. The van der Waals surface area contributed by atoms with Crippen molar-refractivity contribution in [2.24, 2.45) is 29.1 Å². The van der Waals surface area contributed by atoms with Gasteiger partial charge in [0, 0.05) is 21.5 Å². The number of phenols is 1. The number of ether oxygens (including phenoxy) is 3. The van der Waals surface area contributed by atoms with E-state index in [9.17, 15) is 24.3 Å². The first-order valence-corrected chi connectivity index (χ1v) is 18.9. The molecule has 4 amide bonds. The molecule has 2 aliphatic heterocycles. The first-order chi connectivity index (χ1) is 26.5. The molecule has 0 aromatic heterocycles. The highest BCUT2D eigenvalue weighted by molar-refractivity contribution is 9.10. The largest absolute Gasteiger partial charge is 0.504 e. The van der Waals surface area contributed by atoms with E-state index in [4.69, 9.17) is 14.2 Å². The van der Waals surface area contributed by atoms with Crippen LogP contribution < -0.4 is 24.0 Å². The number of benzene rings is 4. The number of rotatable bonds is 8. The standard InChI is InChI=1S/C44H39BrN2O8/c1-44-34(41(50)47(43(44)52)27-8-6-5-7-9-27)23-32-30(38(44)33-21-26(45)22-36(55-4)39(33)48)17-18-31-37(32)42(51)46(40(31)49)28-14-11-24(12-15-28)10-13-25-20-29(53-2)16-19-35(25)54-3/h5-17,19-22,31-32,34,37-38,48H,18,23H2,1-4H3. The first-order valence-electron chi connectivity index (χ1n) is 18.1. The van der Waals surface area contributed by atoms with Crippen molar-refractivity contribution in [2.45, 2.75) is 25.7 Å². The number of imide groups is 2. The summed E-state index contributed by atoms with van der Waals surface area (Å²) >= 11 is 3.55. The maximum atomic E-state index is 14.7. The number of anilines is 2. The van der Waals surface area contributed by atoms with Crippen LogP contribution in [0.4, 0.5) is 11.4 Å². The van der Waals surface area contributed by atoms with Crippen molar-refractivity contribution in [3.8, 4) is 23.0 Å². The smallest absolute Gasteiger partial charge is 0.241 e. The van der Waals surface area contributed by atoms with Gasteiger partial charge in [0.15, 0.2) is 11.5 Å². The third-order valence-corrected chi connectivity index (χ3v) is 12.4. The number of fused-ring (bicyclic) bond motifs is 4. The van der Waals surface area contributed by atoms with E-state index >= 15 is 0 Å². The molecule has 1 N–H and O–H groups in total. The van der Waals surface area contributed by atoms with E-state index in [1.165, 1.54) is 16.9 Å². The van der Waals surface area contributed by atoms with E-state index in [2.05, 4.69) is 15.9 Å². The van der Waals surface area contributed by atoms with Crippen LogP contribution in [-0.4, -0.2) is 50.1 Å². The average Bonchev–Trinajstić information content (AvgIpc) is 3.57. The lowest BCUT2D eigenvalue weighted by molar-refractivity contribution is -0.131. The van der Waals surface area contributed by atoms with Crippen LogP contribution in [0.2, 0.25) is 0 Å². The van der Waals surface area contributed by atoms with Crippen molar-refractivity contribution in [3.63, 3.8) is 0 Å². The Morgan fingerprint density at radius 2 is 1.47 bits per heavy atom. The molecule has 1 saturated carbocycles. The second-order valence-corrected chi connectivity index (χ2v) is 15.5. The van der Waals surface area contributed by atoms with Gasteiger partial charge in [-0.25, -0.2) is 4.90 Å². The summed E-state index contributed by atoms with van der Waals surface area (Å²) in [5.74, 6) is -3.52. The van der Waals surface area contributed by atoms with Gasteiger partial charge in [-0.2, -0.15) is 0 Å². The first kappa shape index (κ1) is 36.3. The monoisotopic (exact) mass is 802 g/mol. The van der Waals surface area contributed by atoms with Gasteiger partial charge in [0.25, 0.3) is 0 Å². The minimum absolute atomic E-state index is 0.146. The molecular formula is C44H39BrN2O8. The maximum Gasteiger partial charge on any atom is 0.241 e. The predicted octanol–water partition coefficient (Wildman–Crippen LogP) is 7.79. The number of hydrogen-bond donors (Lipinski definition) is 1. The van der Waals surface area contributed by atoms with Crippen LogP contribution in [0.1, 0.15) is 42.4 Å². The van der Waals surface area contributed by atoms with Crippen molar-refractivity contribution in [1.82, 2.24) is 0 Å². The molecule has 3 fully saturated rings. The third-order valence-electron chi connectivity index (χ3n) is 11.9. The lowest BCUT2D eigenvalue weighted by Gasteiger charge is -2.49. The Morgan fingerprint density at radius 3 is 2.16 bits per heavy atom. The molecule has 2 saturated heterocycles. The van der Waals surface area contributed by atoms with Gasteiger partial charge in [0.2, 0.25) is 23.6 Å². The molecule has 10 nitrogen and oxygen atoms in total. The fourth-order valence-corrected chi connectivity index (χ4v) is 9.75. The molecule has 0 spiro atoms. The van der Waals surface area contributed by atoms with E-state index in [0.717, 1.165) is 16.7 Å². The molecule has 0 radical (unpaired) electrons. The zero-order valence-electron chi connectivity index (χ0n) is 30.7. The van der Waals surface area contributed by atoms with Crippen molar-refractivity contribution in [3.05, 3.63) is 118 Å². The number of allylic oxidation sites excluding steroid dienone is 2. The lowest BCUT2D eigenvalue weighted by Crippen LogP contribution is -2.49. The zero-order valence-corrected chi connectivity index (χ0v) is 32.3. The normalized spacial score (nSPS) is 25.8. The van der Waals surface area contributed by atoms with Crippen LogP contribution in [0, 0.1) is 29.1 Å².